The van der Waals surface area contributed by atoms with Crippen LogP contribution in [-0.4, -0.2) is 34.9 Å². The van der Waals surface area contributed by atoms with E-state index in [1.807, 2.05) is 17.7 Å². The molecule has 0 spiro atoms. The van der Waals surface area contributed by atoms with E-state index < -0.39 is 0 Å². The molecular weight excluding hydrogens is 386 g/mol. The normalized spacial score (nSPS) is 11.8. The van der Waals surface area contributed by atoms with Gasteiger partial charge in [0.15, 0.2) is 5.16 Å². The summed E-state index contributed by atoms with van der Waals surface area (Å²) in [6.45, 7) is 6.00. The lowest BCUT2D eigenvalue weighted by Gasteiger charge is -2.15. The van der Waals surface area contributed by atoms with Gasteiger partial charge in [0, 0.05) is 36.3 Å². The Morgan fingerprint density at radius 3 is 2.41 bits per heavy atom. The van der Waals surface area contributed by atoms with E-state index in [0.29, 0.717) is 17.2 Å². The molecule has 0 radical (unpaired) electrons. The van der Waals surface area contributed by atoms with E-state index in [9.17, 15) is 4.79 Å². The maximum atomic E-state index is 12.7. The van der Waals surface area contributed by atoms with Gasteiger partial charge in [0.1, 0.15) is 11.5 Å². The van der Waals surface area contributed by atoms with Crippen LogP contribution >= 0.6 is 11.8 Å². The number of nitrogens with zero attached hydrogens (tertiary/aromatic N) is 2. The van der Waals surface area contributed by atoms with Crippen LogP contribution in [0.25, 0.3) is 5.69 Å². The largest absolute Gasteiger partial charge is 0.497 e. The third kappa shape index (κ3) is 4.92. The zero-order chi connectivity index (χ0) is 21.0. The fourth-order valence-electron chi connectivity index (χ4n) is 2.97. The number of rotatable bonds is 7. The Hall–Kier alpha value is -2.93. The maximum absolute atomic E-state index is 12.7. The first-order valence-corrected chi connectivity index (χ1v) is 10.1. The molecule has 0 aliphatic carbocycles. The van der Waals surface area contributed by atoms with E-state index in [1.165, 1.54) is 17.3 Å². The van der Waals surface area contributed by atoms with E-state index in [4.69, 9.17) is 9.47 Å². The van der Waals surface area contributed by atoms with Crippen LogP contribution in [0.5, 0.6) is 11.5 Å². The highest BCUT2D eigenvalue weighted by atomic mass is 32.2. The maximum Gasteiger partial charge on any atom is 0.237 e. The minimum absolute atomic E-state index is 0.125. The van der Waals surface area contributed by atoms with Crippen molar-refractivity contribution >= 4 is 23.4 Å². The third-order valence-electron chi connectivity index (χ3n) is 4.49. The third-order valence-corrected chi connectivity index (χ3v) is 5.57. The number of carbonyl (C=O) groups excluding carboxylic acids is 1. The van der Waals surface area contributed by atoms with E-state index >= 15 is 0 Å². The molecule has 0 aliphatic heterocycles. The highest BCUT2D eigenvalue weighted by molar-refractivity contribution is 8.00. The SMILES string of the molecule is COc1cc(NC(=O)[C@H](C)Sc2nccn2-c2ccc(C)cc2C)cc(OC)c1. The molecule has 0 unspecified atom stereocenters. The Morgan fingerprint density at radius 2 is 1.79 bits per heavy atom. The molecule has 3 aromatic rings. The Kier molecular flexibility index (Phi) is 6.49. The fraction of sp³-hybridized carbons (Fsp3) is 0.273. The van der Waals surface area contributed by atoms with E-state index in [0.717, 1.165) is 16.4 Å². The van der Waals surface area contributed by atoms with Crippen LogP contribution in [0.2, 0.25) is 0 Å². The number of methoxy groups -OCH3 is 2. The summed E-state index contributed by atoms with van der Waals surface area (Å²) in [6.07, 6.45) is 3.66. The van der Waals surface area contributed by atoms with Crippen LogP contribution in [0.3, 0.4) is 0 Å². The zero-order valence-corrected chi connectivity index (χ0v) is 18.0. The molecule has 1 atom stereocenters. The molecule has 2 aromatic carbocycles. The van der Waals surface area contributed by atoms with Crippen molar-refractivity contribution in [3.05, 3.63) is 59.9 Å². The van der Waals surface area contributed by atoms with Gasteiger partial charge in [0.2, 0.25) is 5.91 Å². The first-order chi connectivity index (χ1) is 13.9. The molecule has 1 N–H and O–H groups in total. The van der Waals surface area contributed by atoms with Crippen molar-refractivity contribution in [2.45, 2.75) is 31.2 Å². The molecule has 0 aliphatic rings. The number of imidazole rings is 1. The topological polar surface area (TPSA) is 65.4 Å². The highest BCUT2D eigenvalue weighted by Gasteiger charge is 2.19. The van der Waals surface area contributed by atoms with Gasteiger partial charge in [0.05, 0.1) is 25.2 Å². The fourth-order valence-corrected chi connectivity index (χ4v) is 3.85. The number of ether oxygens (including phenoxy) is 2. The minimum Gasteiger partial charge on any atom is -0.497 e. The summed E-state index contributed by atoms with van der Waals surface area (Å²) in [5.41, 5.74) is 4.05. The van der Waals surface area contributed by atoms with Crippen molar-refractivity contribution < 1.29 is 14.3 Å². The van der Waals surface area contributed by atoms with Crippen LogP contribution < -0.4 is 14.8 Å². The Balaban J connectivity index is 1.75. The predicted octanol–water partition coefficient (Wildman–Crippen LogP) is 4.63. The smallest absolute Gasteiger partial charge is 0.237 e. The number of benzene rings is 2. The first kappa shape index (κ1) is 20.8. The molecule has 0 saturated carbocycles. The number of anilines is 1. The number of thioether (sulfide) groups is 1. The molecule has 1 amide bonds. The summed E-state index contributed by atoms with van der Waals surface area (Å²) >= 11 is 1.41. The molecular formula is C22H25N3O3S. The lowest BCUT2D eigenvalue weighted by molar-refractivity contribution is -0.115. The van der Waals surface area contributed by atoms with Gasteiger partial charge >= 0.3 is 0 Å². The van der Waals surface area contributed by atoms with Crippen molar-refractivity contribution in [1.82, 2.24) is 9.55 Å². The number of aromatic nitrogens is 2. The number of amides is 1. The van der Waals surface area contributed by atoms with Gasteiger partial charge in [-0.25, -0.2) is 4.98 Å². The monoisotopic (exact) mass is 411 g/mol. The molecule has 1 heterocycles. The van der Waals surface area contributed by atoms with Gasteiger partial charge < -0.3 is 14.8 Å². The number of hydrogen-bond donors (Lipinski definition) is 1. The first-order valence-electron chi connectivity index (χ1n) is 9.23. The van der Waals surface area contributed by atoms with Crippen LogP contribution in [0.15, 0.2) is 53.9 Å². The average molecular weight is 412 g/mol. The highest BCUT2D eigenvalue weighted by Crippen LogP contribution is 2.29. The molecule has 0 saturated heterocycles. The van der Waals surface area contributed by atoms with Gasteiger partial charge in [0.25, 0.3) is 0 Å². The molecule has 1 aromatic heterocycles. The summed E-state index contributed by atoms with van der Waals surface area (Å²) in [4.78, 5) is 17.2. The second-order valence-corrected chi connectivity index (χ2v) is 8.03. The molecule has 0 fully saturated rings. The van der Waals surface area contributed by atoms with Gasteiger partial charge in [-0.2, -0.15) is 0 Å². The molecule has 3 rings (SSSR count). The van der Waals surface area contributed by atoms with Crippen LogP contribution in [-0.2, 0) is 4.79 Å². The molecule has 7 heteroatoms. The van der Waals surface area contributed by atoms with E-state index in [-0.39, 0.29) is 11.2 Å². The van der Waals surface area contributed by atoms with Crippen molar-refractivity contribution in [2.24, 2.45) is 0 Å². The van der Waals surface area contributed by atoms with Crippen LogP contribution in [0.4, 0.5) is 5.69 Å². The van der Waals surface area contributed by atoms with Crippen molar-refractivity contribution in [3.63, 3.8) is 0 Å². The lowest BCUT2D eigenvalue weighted by Crippen LogP contribution is -2.23. The standard InChI is InChI=1S/C22H25N3O3S/c1-14-6-7-20(15(2)10-14)25-9-8-23-22(25)29-16(3)21(26)24-17-11-18(27-4)13-19(12-17)28-5/h6-13,16H,1-5H3,(H,24,26)/t16-/m0/s1. The average Bonchev–Trinajstić information content (AvgIpc) is 3.15. The molecule has 0 bridgehead atoms. The Labute approximate surface area is 175 Å². The van der Waals surface area contributed by atoms with E-state index in [2.05, 4.69) is 42.3 Å². The summed E-state index contributed by atoms with van der Waals surface area (Å²) in [6, 6.07) is 11.6. The zero-order valence-electron chi connectivity index (χ0n) is 17.2. The minimum atomic E-state index is -0.348. The quantitative estimate of drug-likeness (QED) is 0.575. The molecule has 6 nitrogen and oxygen atoms in total. The summed E-state index contributed by atoms with van der Waals surface area (Å²) < 4.78 is 12.5. The van der Waals surface area contributed by atoms with Gasteiger partial charge in [-0.15, -0.1) is 0 Å². The van der Waals surface area contributed by atoms with Gasteiger partial charge in [-0.05, 0) is 32.4 Å². The summed E-state index contributed by atoms with van der Waals surface area (Å²) in [5, 5.41) is 3.34. The van der Waals surface area contributed by atoms with Crippen molar-refractivity contribution in [2.75, 3.05) is 19.5 Å². The van der Waals surface area contributed by atoms with Crippen molar-refractivity contribution in [3.8, 4) is 17.2 Å². The van der Waals surface area contributed by atoms with Gasteiger partial charge in [-0.1, -0.05) is 29.5 Å². The lowest BCUT2D eigenvalue weighted by atomic mass is 10.1. The van der Waals surface area contributed by atoms with Gasteiger partial charge in [-0.3, -0.25) is 9.36 Å². The van der Waals surface area contributed by atoms with Crippen molar-refractivity contribution in [1.29, 1.82) is 0 Å². The Morgan fingerprint density at radius 1 is 1.10 bits per heavy atom. The Bertz CT molecular complexity index is 994. The molecule has 152 valence electrons. The number of carbonyl (C=O) groups is 1. The van der Waals surface area contributed by atoms with Crippen LogP contribution in [0.1, 0.15) is 18.1 Å². The number of hydrogen-bond acceptors (Lipinski definition) is 5. The van der Waals surface area contributed by atoms with E-state index in [1.54, 1.807) is 38.6 Å². The van der Waals surface area contributed by atoms with Crippen LogP contribution in [0, 0.1) is 13.8 Å². The second-order valence-electron chi connectivity index (χ2n) is 6.72. The predicted molar refractivity (Wildman–Crippen MR) is 117 cm³/mol. The number of nitrogens with one attached hydrogen (secondary N) is 1. The summed E-state index contributed by atoms with van der Waals surface area (Å²) in [7, 11) is 3.15. The molecule has 29 heavy (non-hydrogen) atoms. The second kappa shape index (κ2) is 9.05. The summed E-state index contributed by atoms with van der Waals surface area (Å²) in [5.74, 6) is 1.11. The number of aryl methyl sites for hydroxylation is 2.